The third-order valence-corrected chi connectivity index (χ3v) is 6.69. The van der Waals surface area contributed by atoms with Gasteiger partial charge in [-0.3, -0.25) is 14.5 Å². The first-order chi connectivity index (χ1) is 17.4. The molecule has 1 heterocycles. The van der Waals surface area contributed by atoms with Crippen LogP contribution in [0.4, 0.5) is 5.69 Å². The predicted octanol–water partition coefficient (Wildman–Crippen LogP) is 7.36. The number of ketones is 1. The van der Waals surface area contributed by atoms with Crippen molar-refractivity contribution in [3.63, 3.8) is 0 Å². The zero-order chi connectivity index (χ0) is 27.1. The minimum absolute atomic E-state index is 0.00320. The Morgan fingerprint density at radius 2 is 1.59 bits per heavy atom. The molecule has 192 valence electrons. The highest BCUT2D eigenvalue weighted by Crippen LogP contribution is 2.44. The second kappa shape index (κ2) is 10.1. The van der Waals surface area contributed by atoms with E-state index < -0.39 is 17.7 Å². The summed E-state index contributed by atoms with van der Waals surface area (Å²) in [6.07, 6.45) is 0.00320. The van der Waals surface area contributed by atoms with Crippen LogP contribution < -0.4 is 9.64 Å². The van der Waals surface area contributed by atoms with Crippen LogP contribution in [0, 0.1) is 6.92 Å². The summed E-state index contributed by atoms with van der Waals surface area (Å²) in [4.78, 5) is 28.4. The molecule has 1 atom stereocenters. The van der Waals surface area contributed by atoms with Gasteiger partial charge in [-0.25, -0.2) is 0 Å². The molecule has 1 unspecified atom stereocenters. The lowest BCUT2D eigenvalue weighted by molar-refractivity contribution is -0.132. The Hall–Kier alpha value is -3.57. The molecule has 3 aromatic rings. The van der Waals surface area contributed by atoms with E-state index in [9.17, 15) is 14.7 Å². The second-order valence-electron chi connectivity index (χ2n) is 10.7. The average Bonchev–Trinajstić information content (AvgIpc) is 3.09. The van der Waals surface area contributed by atoms with Gasteiger partial charge in [-0.1, -0.05) is 56.6 Å². The van der Waals surface area contributed by atoms with Crippen molar-refractivity contribution in [2.45, 2.75) is 59.1 Å². The molecule has 5 nitrogen and oxygen atoms in total. The van der Waals surface area contributed by atoms with E-state index in [0.717, 1.165) is 16.7 Å². The lowest BCUT2D eigenvalue weighted by Crippen LogP contribution is -2.30. The number of carbonyl (C=O) groups excluding carboxylic acids is 2. The van der Waals surface area contributed by atoms with E-state index in [1.807, 2.05) is 45.0 Å². The SMILES string of the molecule is Cc1cc(Cl)ccc1N1C(=O)C(=O)/C(=C(/O)c2ccc(OC(C)C)cc2)C1c1ccc(C(C)(C)C)cc1. The van der Waals surface area contributed by atoms with Gasteiger partial charge in [0.1, 0.15) is 11.5 Å². The van der Waals surface area contributed by atoms with Crippen LogP contribution in [0.3, 0.4) is 0 Å². The monoisotopic (exact) mass is 517 g/mol. The Balaban J connectivity index is 1.89. The van der Waals surface area contributed by atoms with Gasteiger partial charge in [0.25, 0.3) is 11.7 Å². The molecule has 1 fully saturated rings. The number of aliphatic hydroxyl groups excluding tert-OH is 1. The van der Waals surface area contributed by atoms with Crippen molar-refractivity contribution >= 4 is 34.7 Å². The number of carbonyl (C=O) groups is 2. The lowest BCUT2D eigenvalue weighted by atomic mass is 9.85. The van der Waals surface area contributed by atoms with E-state index in [1.165, 1.54) is 4.90 Å². The smallest absolute Gasteiger partial charge is 0.300 e. The molecule has 1 saturated heterocycles. The number of hydrogen-bond acceptors (Lipinski definition) is 4. The highest BCUT2D eigenvalue weighted by Gasteiger charge is 2.47. The average molecular weight is 518 g/mol. The number of ether oxygens (including phenoxy) is 1. The minimum atomic E-state index is -0.805. The van der Waals surface area contributed by atoms with E-state index in [2.05, 4.69) is 20.8 Å². The first kappa shape index (κ1) is 26.5. The van der Waals surface area contributed by atoms with E-state index in [-0.39, 0.29) is 22.9 Å². The molecule has 0 aliphatic carbocycles. The Morgan fingerprint density at radius 3 is 2.14 bits per heavy atom. The molecule has 1 amide bonds. The van der Waals surface area contributed by atoms with Crippen LogP contribution in [0.1, 0.15) is 62.9 Å². The highest BCUT2D eigenvalue weighted by atomic mass is 35.5. The normalized spacial score (nSPS) is 17.5. The van der Waals surface area contributed by atoms with Crippen molar-refractivity contribution in [2.24, 2.45) is 0 Å². The first-order valence-corrected chi connectivity index (χ1v) is 12.7. The molecule has 3 aromatic carbocycles. The fourth-order valence-electron chi connectivity index (χ4n) is 4.57. The van der Waals surface area contributed by atoms with Gasteiger partial charge in [0.2, 0.25) is 0 Å². The summed E-state index contributed by atoms with van der Waals surface area (Å²) < 4.78 is 5.70. The fourth-order valence-corrected chi connectivity index (χ4v) is 4.80. The van der Waals surface area contributed by atoms with Crippen LogP contribution in [-0.2, 0) is 15.0 Å². The van der Waals surface area contributed by atoms with Crippen molar-refractivity contribution in [3.8, 4) is 5.75 Å². The van der Waals surface area contributed by atoms with Crippen LogP contribution in [0.15, 0.2) is 72.3 Å². The molecule has 1 aliphatic rings. The molecule has 0 spiro atoms. The van der Waals surface area contributed by atoms with Crippen molar-refractivity contribution in [1.82, 2.24) is 0 Å². The number of rotatable bonds is 5. The number of benzene rings is 3. The Bertz CT molecular complexity index is 1370. The second-order valence-corrected chi connectivity index (χ2v) is 11.1. The number of anilines is 1. The standard InChI is InChI=1S/C31H32ClNO4/c1-18(2)37-24-14-9-21(10-15-24)28(34)26-27(20-7-11-22(12-8-20)31(4,5)6)33(30(36)29(26)35)25-16-13-23(32)17-19(25)3/h7-18,27,34H,1-6H3/b28-26+. The van der Waals surface area contributed by atoms with Gasteiger partial charge in [-0.2, -0.15) is 0 Å². The van der Waals surface area contributed by atoms with Gasteiger partial charge in [-0.05, 0) is 85.3 Å². The van der Waals surface area contributed by atoms with Crippen molar-refractivity contribution in [3.05, 3.63) is 99.6 Å². The predicted molar refractivity (Wildman–Crippen MR) is 148 cm³/mol. The van der Waals surface area contributed by atoms with Gasteiger partial charge in [0, 0.05) is 16.3 Å². The maximum Gasteiger partial charge on any atom is 0.300 e. The van der Waals surface area contributed by atoms with Gasteiger partial charge in [-0.15, -0.1) is 0 Å². The summed E-state index contributed by atoms with van der Waals surface area (Å²) in [5, 5.41) is 11.9. The third-order valence-electron chi connectivity index (χ3n) is 6.45. The number of amides is 1. The zero-order valence-corrected chi connectivity index (χ0v) is 22.8. The minimum Gasteiger partial charge on any atom is -0.507 e. The largest absolute Gasteiger partial charge is 0.507 e. The molecule has 0 radical (unpaired) electrons. The summed E-state index contributed by atoms with van der Waals surface area (Å²) in [5.74, 6) is -1.01. The number of Topliss-reactive ketones (excluding diaryl/α,β-unsaturated/α-hetero) is 1. The van der Waals surface area contributed by atoms with Crippen LogP contribution in [0.25, 0.3) is 5.76 Å². The van der Waals surface area contributed by atoms with E-state index in [4.69, 9.17) is 16.3 Å². The van der Waals surface area contributed by atoms with Gasteiger partial charge in [0.15, 0.2) is 0 Å². The van der Waals surface area contributed by atoms with Gasteiger partial charge < -0.3 is 9.84 Å². The van der Waals surface area contributed by atoms with Gasteiger partial charge >= 0.3 is 0 Å². The molecule has 0 saturated carbocycles. The first-order valence-electron chi connectivity index (χ1n) is 12.3. The molecule has 0 aromatic heterocycles. The maximum atomic E-state index is 13.5. The van der Waals surface area contributed by atoms with Crippen LogP contribution >= 0.6 is 11.6 Å². The van der Waals surface area contributed by atoms with Crippen LogP contribution in [0.2, 0.25) is 5.02 Å². The number of aryl methyl sites for hydroxylation is 1. The van der Waals surface area contributed by atoms with Crippen LogP contribution in [-0.4, -0.2) is 22.9 Å². The number of hydrogen-bond donors (Lipinski definition) is 1. The summed E-state index contributed by atoms with van der Waals surface area (Å²) in [5.41, 5.74) is 3.57. The summed E-state index contributed by atoms with van der Waals surface area (Å²) in [6.45, 7) is 12.1. The Kier molecular flexibility index (Phi) is 7.20. The quantitative estimate of drug-likeness (QED) is 0.218. The molecular formula is C31H32ClNO4. The van der Waals surface area contributed by atoms with Gasteiger partial charge in [0.05, 0.1) is 17.7 Å². The van der Waals surface area contributed by atoms with Crippen LogP contribution in [0.5, 0.6) is 5.75 Å². The fraction of sp³-hybridized carbons (Fsp3) is 0.290. The summed E-state index contributed by atoms with van der Waals surface area (Å²) >= 11 is 6.18. The summed E-state index contributed by atoms with van der Waals surface area (Å²) in [7, 11) is 0. The lowest BCUT2D eigenvalue weighted by Gasteiger charge is -2.28. The molecule has 6 heteroatoms. The van der Waals surface area contributed by atoms with E-state index >= 15 is 0 Å². The van der Waals surface area contributed by atoms with E-state index in [0.29, 0.717) is 22.0 Å². The molecule has 1 N–H and O–H groups in total. The third kappa shape index (κ3) is 5.28. The molecular weight excluding hydrogens is 486 g/mol. The maximum absolute atomic E-state index is 13.5. The van der Waals surface area contributed by atoms with E-state index in [1.54, 1.807) is 42.5 Å². The Labute approximate surface area is 223 Å². The topological polar surface area (TPSA) is 66.8 Å². The number of nitrogens with zero attached hydrogens (tertiary/aromatic N) is 1. The number of aliphatic hydroxyl groups is 1. The summed E-state index contributed by atoms with van der Waals surface area (Å²) in [6, 6.07) is 19.1. The highest BCUT2D eigenvalue weighted by molar-refractivity contribution is 6.51. The van der Waals surface area contributed by atoms with Crippen molar-refractivity contribution < 1.29 is 19.4 Å². The molecule has 1 aliphatic heterocycles. The zero-order valence-electron chi connectivity index (χ0n) is 22.0. The van der Waals surface area contributed by atoms with Crippen molar-refractivity contribution in [1.29, 1.82) is 0 Å². The molecule has 0 bridgehead atoms. The molecule has 37 heavy (non-hydrogen) atoms. The molecule has 4 rings (SSSR count). The Morgan fingerprint density at radius 1 is 0.973 bits per heavy atom. The van der Waals surface area contributed by atoms with Crippen molar-refractivity contribution in [2.75, 3.05) is 4.90 Å². The number of halogens is 1.